The van der Waals surface area contributed by atoms with Crippen LogP contribution in [0.5, 0.6) is 0 Å². The molecule has 17 heavy (non-hydrogen) atoms. The van der Waals surface area contributed by atoms with Crippen LogP contribution in [0.25, 0.3) is 5.65 Å². The molecule has 0 aromatic carbocycles. The van der Waals surface area contributed by atoms with Gasteiger partial charge in [-0.05, 0) is 44.9 Å². The normalized spacial score (nSPS) is 11.1. The molecule has 4 heteroatoms. The van der Waals surface area contributed by atoms with E-state index in [1.54, 1.807) is 4.40 Å². The quantitative estimate of drug-likeness (QED) is 0.767. The number of hydrogen-bond acceptors (Lipinski definition) is 2. The Bertz CT molecular complexity index is 631. The predicted octanol–water partition coefficient (Wildman–Crippen LogP) is 2.40. The number of alkyl halides is 1. The summed E-state index contributed by atoms with van der Waals surface area (Å²) in [7, 11) is 0. The van der Waals surface area contributed by atoms with Gasteiger partial charge in [0.05, 0.1) is 0 Å². The maximum Gasteiger partial charge on any atom is 0.261 e. The van der Waals surface area contributed by atoms with Gasteiger partial charge in [-0.3, -0.25) is 9.20 Å². The molecule has 2 heterocycles. The summed E-state index contributed by atoms with van der Waals surface area (Å²) in [5.74, 6) is 0.439. The summed E-state index contributed by atoms with van der Waals surface area (Å²) in [6.07, 6.45) is 0.565. The molecule has 0 radical (unpaired) electrons. The zero-order valence-electron chi connectivity index (χ0n) is 10.2. The van der Waals surface area contributed by atoms with Gasteiger partial charge in [-0.25, -0.2) is 4.98 Å². The van der Waals surface area contributed by atoms with Crippen LogP contribution in [0, 0.1) is 20.8 Å². The van der Waals surface area contributed by atoms with E-state index in [-0.39, 0.29) is 5.56 Å². The molecule has 0 N–H and O–H groups in total. The largest absolute Gasteiger partial charge is 0.269 e. The summed E-state index contributed by atoms with van der Waals surface area (Å²) < 4.78 is 1.65. The molecule has 0 fully saturated rings. The Morgan fingerprint density at radius 1 is 1.29 bits per heavy atom. The fourth-order valence-corrected chi connectivity index (χ4v) is 2.33. The maximum atomic E-state index is 12.3. The van der Waals surface area contributed by atoms with E-state index in [4.69, 9.17) is 11.6 Å². The third-order valence-electron chi connectivity index (χ3n) is 2.90. The monoisotopic (exact) mass is 250 g/mol. The van der Waals surface area contributed by atoms with Gasteiger partial charge in [0.2, 0.25) is 0 Å². The molecule has 0 saturated heterocycles. The zero-order valence-corrected chi connectivity index (χ0v) is 11.0. The number of halogens is 1. The second kappa shape index (κ2) is 4.49. The highest BCUT2D eigenvalue weighted by Gasteiger charge is 2.10. The first-order valence-electron chi connectivity index (χ1n) is 5.60. The summed E-state index contributed by atoms with van der Waals surface area (Å²) in [5, 5.41) is 0. The Labute approximate surface area is 105 Å². The van der Waals surface area contributed by atoms with Gasteiger partial charge in [0.25, 0.3) is 5.56 Å². The molecule has 0 bridgehead atoms. The van der Waals surface area contributed by atoms with Crippen molar-refractivity contribution in [3.63, 3.8) is 0 Å². The van der Waals surface area contributed by atoms with Crippen LogP contribution >= 0.6 is 11.6 Å². The highest BCUT2D eigenvalue weighted by atomic mass is 35.5. The van der Waals surface area contributed by atoms with Gasteiger partial charge < -0.3 is 0 Å². The number of pyridine rings is 1. The minimum absolute atomic E-state index is 0.00523. The third kappa shape index (κ3) is 2.07. The molecular weight excluding hydrogens is 236 g/mol. The maximum absolute atomic E-state index is 12.3. The van der Waals surface area contributed by atoms with Gasteiger partial charge in [-0.15, -0.1) is 11.6 Å². The molecule has 0 aliphatic heterocycles. The van der Waals surface area contributed by atoms with Crippen LogP contribution in [-0.4, -0.2) is 15.3 Å². The first kappa shape index (κ1) is 12.1. The van der Waals surface area contributed by atoms with Crippen molar-refractivity contribution in [2.24, 2.45) is 0 Å². The molecule has 0 amide bonds. The highest BCUT2D eigenvalue weighted by Crippen LogP contribution is 2.10. The molecule has 2 rings (SSSR count). The number of rotatable bonds is 2. The first-order valence-corrected chi connectivity index (χ1v) is 6.13. The summed E-state index contributed by atoms with van der Waals surface area (Å²) in [6, 6.07) is 3.90. The fraction of sp³-hybridized carbons (Fsp3) is 0.385. The summed E-state index contributed by atoms with van der Waals surface area (Å²) in [4.78, 5) is 16.8. The molecule has 0 spiro atoms. The van der Waals surface area contributed by atoms with Gasteiger partial charge >= 0.3 is 0 Å². The van der Waals surface area contributed by atoms with E-state index < -0.39 is 0 Å². The summed E-state index contributed by atoms with van der Waals surface area (Å²) in [5.41, 5.74) is 4.23. The van der Waals surface area contributed by atoms with Crippen LogP contribution < -0.4 is 5.56 Å². The van der Waals surface area contributed by atoms with Crippen molar-refractivity contribution < 1.29 is 0 Å². The lowest BCUT2D eigenvalue weighted by atomic mass is 10.1. The van der Waals surface area contributed by atoms with E-state index in [1.807, 2.05) is 32.9 Å². The van der Waals surface area contributed by atoms with Gasteiger partial charge in [0.1, 0.15) is 5.65 Å². The third-order valence-corrected chi connectivity index (χ3v) is 3.09. The Kier molecular flexibility index (Phi) is 3.20. The van der Waals surface area contributed by atoms with E-state index >= 15 is 0 Å². The van der Waals surface area contributed by atoms with Crippen LogP contribution in [0.15, 0.2) is 16.9 Å². The Hall–Kier alpha value is -1.35. The molecular formula is C13H15ClN2O. The standard InChI is InChI=1S/C13H15ClN2O/c1-8-6-9(2)16-12(7-8)15-10(3)11(4-5-14)13(16)17/h6-7H,4-5H2,1-3H3. The van der Waals surface area contributed by atoms with Crippen molar-refractivity contribution >= 4 is 17.2 Å². The zero-order chi connectivity index (χ0) is 12.6. The minimum atomic E-state index is 0.00523. The molecule has 0 aliphatic rings. The van der Waals surface area contributed by atoms with Crippen molar-refractivity contribution in [3.8, 4) is 0 Å². The second-order valence-electron chi connectivity index (χ2n) is 4.29. The van der Waals surface area contributed by atoms with Crippen molar-refractivity contribution in [3.05, 3.63) is 45.0 Å². The van der Waals surface area contributed by atoms with Gasteiger partial charge in [0, 0.05) is 22.8 Å². The van der Waals surface area contributed by atoms with Crippen LogP contribution in [-0.2, 0) is 6.42 Å². The van der Waals surface area contributed by atoms with Crippen LogP contribution in [0.3, 0.4) is 0 Å². The average molecular weight is 251 g/mol. The van der Waals surface area contributed by atoms with Crippen LogP contribution in [0.2, 0.25) is 0 Å². The molecule has 0 saturated carbocycles. The number of aryl methyl sites for hydroxylation is 3. The smallest absolute Gasteiger partial charge is 0.261 e. The molecule has 0 unspecified atom stereocenters. The Morgan fingerprint density at radius 3 is 2.65 bits per heavy atom. The number of fused-ring (bicyclic) bond motifs is 1. The van der Waals surface area contributed by atoms with Crippen LogP contribution in [0.1, 0.15) is 22.5 Å². The lowest BCUT2D eigenvalue weighted by molar-refractivity contribution is 0.910. The number of nitrogens with zero attached hydrogens (tertiary/aromatic N) is 2. The van der Waals surface area contributed by atoms with E-state index in [0.717, 1.165) is 17.0 Å². The fourth-order valence-electron chi connectivity index (χ4n) is 2.14. The Balaban J connectivity index is 2.87. The molecule has 0 atom stereocenters. The van der Waals surface area contributed by atoms with E-state index in [1.165, 1.54) is 0 Å². The summed E-state index contributed by atoms with van der Waals surface area (Å²) >= 11 is 5.72. The van der Waals surface area contributed by atoms with Crippen LogP contribution in [0.4, 0.5) is 0 Å². The number of hydrogen-bond donors (Lipinski definition) is 0. The lowest BCUT2D eigenvalue weighted by Crippen LogP contribution is -2.23. The van der Waals surface area contributed by atoms with Gasteiger partial charge in [0.15, 0.2) is 0 Å². The van der Waals surface area contributed by atoms with Crippen molar-refractivity contribution in [1.82, 2.24) is 9.38 Å². The first-order chi connectivity index (χ1) is 8.04. The van der Waals surface area contributed by atoms with Gasteiger partial charge in [-0.1, -0.05) is 0 Å². The van der Waals surface area contributed by atoms with E-state index in [0.29, 0.717) is 23.5 Å². The van der Waals surface area contributed by atoms with Gasteiger partial charge in [-0.2, -0.15) is 0 Å². The van der Waals surface area contributed by atoms with E-state index in [9.17, 15) is 4.79 Å². The van der Waals surface area contributed by atoms with Crippen molar-refractivity contribution in [2.45, 2.75) is 27.2 Å². The highest BCUT2D eigenvalue weighted by molar-refractivity contribution is 6.18. The average Bonchev–Trinajstić information content (AvgIpc) is 2.22. The molecule has 3 nitrogen and oxygen atoms in total. The topological polar surface area (TPSA) is 34.4 Å². The summed E-state index contributed by atoms with van der Waals surface area (Å²) in [6.45, 7) is 5.78. The molecule has 2 aromatic heterocycles. The SMILES string of the molecule is Cc1cc(C)n2c(=O)c(CCCl)c(C)nc2c1. The van der Waals surface area contributed by atoms with E-state index in [2.05, 4.69) is 4.98 Å². The minimum Gasteiger partial charge on any atom is -0.269 e. The molecule has 90 valence electrons. The lowest BCUT2D eigenvalue weighted by Gasteiger charge is -2.10. The second-order valence-corrected chi connectivity index (χ2v) is 4.67. The molecule has 0 aliphatic carbocycles. The van der Waals surface area contributed by atoms with Crippen molar-refractivity contribution in [1.29, 1.82) is 0 Å². The Morgan fingerprint density at radius 2 is 2.00 bits per heavy atom. The predicted molar refractivity (Wildman–Crippen MR) is 70.1 cm³/mol. The molecule has 2 aromatic rings. The number of aromatic nitrogens is 2. The van der Waals surface area contributed by atoms with Crippen molar-refractivity contribution in [2.75, 3.05) is 5.88 Å².